The molecule has 0 aliphatic rings. The van der Waals surface area contributed by atoms with E-state index in [1.165, 1.54) is 5.56 Å². The second kappa shape index (κ2) is 7.92. The van der Waals surface area contributed by atoms with Gasteiger partial charge in [-0.3, -0.25) is 0 Å². The van der Waals surface area contributed by atoms with Crippen molar-refractivity contribution in [3.8, 4) is 12.3 Å². The van der Waals surface area contributed by atoms with E-state index in [2.05, 4.69) is 55.4 Å². The van der Waals surface area contributed by atoms with E-state index in [-0.39, 0.29) is 0 Å². The maximum Gasteiger partial charge on any atom is 0.0343 e. The highest BCUT2D eigenvalue weighted by Gasteiger charge is 2.13. The Labute approximate surface area is 106 Å². The number of unbranched alkanes of at least 4 members (excludes halogenated alkanes) is 2. The van der Waals surface area contributed by atoms with E-state index in [0.717, 1.165) is 25.8 Å². The highest BCUT2D eigenvalue weighted by Crippen LogP contribution is 2.21. The van der Waals surface area contributed by atoms with Crippen LogP contribution in [0.15, 0.2) is 30.3 Å². The summed E-state index contributed by atoms with van der Waals surface area (Å²) in [4.78, 5) is 0. The van der Waals surface area contributed by atoms with Gasteiger partial charge in [-0.1, -0.05) is 44.2 Å². The zero-order valence-electron chi connectivity index (χ0n) is 10.9. The molecule has 1 rings (SSSR count). The van der Waals surface area contributed by atoms with Gasteiger partial charge in [-0.05, 0) is 30.9 Å². The second-order valence-corrected chi connectivity index (χ2v) is 4.75. The average Bonchev–Trinajstić information content (AvgIpc) is 2.34. The van der Waals surface area contributed by atoms with E-state index in [9.17, 15) is 0 Å². The predicted molar refractivity (Wildman–Crippen MR) is 74.7 cm³/mol. The highest BCUT2D eigenvalue weighted by molar-refractivity contribution is 5.19. The number of rotatable bonds is 7. The van der Waals surface area contributed by atoms with Gasteiger partial charge in [0, 0.05) is 12.5 Å². The van der Waals surface area contributed by atoms with Gasteiger partial charge >= 0.3 is 0 Å². The Balaban J connectivity index is 2.43. The molecule has 1 N–H and O–H groups in total. The molecular formula is C16H23N. The van der Waals surface area contributed by atoms with Gasteiger partial charge in [0.25, 0.3) is 0 Å². The third-order valence-electron chi connectivity index (χ3n) is 2.94. The SMILES string of the molecule is C#CCCCCNC(c1ccccc1)C(C)C. The molecule has 1 atom stereocenters. The summed E-state index contributed by atoms with van der Waals surface area (Å²) in [7, 11) is 0. The van der Waals surface area contributed by atoms with Crippen molar-refractivity contribution in [2.75, 3.05) is 6.54 Å². The van der Waals surface area contributed by atoms with Crippen molar-refractivity contribution >= 4 is 0 Å². The Morgan fingerprint density at radius 3 is 2.47 bits per heavy atom. The van der Waals surface area contributed by atoms with Crippen molar-refractivity contribution in [3.63, 3.8) is 0 Å². The van der Waals surface area contributed by atoms with Crippen LogP contribution in [0.2, 0.25) is 0 Å². The molecule has 0 aromatic heterocycles. The van der Waals surface area contributed by atoms with Crippen LogP contribution in [0.25, 0.3) is 0 Å². The van der Waals surface area contributed by atoms with Crippen LogP contribution in [-0.2, 0) is 0 Å². The number of hydrogen-bond donors (Lipinski definition) is 1. The molecule has 92 valence electrons. The molecule has 0 bridgehead atoms. The lowest BCUT2D eigenvalue weighted by atomic mass is 9.96. The smallest absolute Gasteiger partial charge is 0.0343 e. The molecule has 1 aromatic carbocycles. The van der Waals surface area contributed by atoms with Gasteiger partial charge < -0.3 is 5.32 Å². The summed E-state index contributed by atoms with van der Waals surface area (Å²) in [5, 5.41) is 3.63. The summed E-state index contributed by atoms with van der Waals surface area (Å²) < 4.78 is 0. The van der Waals surface area contributed by atoms with Crippen molar-refractivity contribution < 1.29 is 0 Å². The first kappa shape index (κ1) is 13.8. The summed E-state index contributed by atoms with van der Waals surface area (Å²) in [6.07, 6.45) is 8.39. The topological polar surface area (TPSA) is 12.0 Å². The van der Waals surface area contributed by atoms with Crippen LogP contribution in [0.4, 0.5) is 0 Å². The average molecular weight is 229 g/mol. The fraction of sp³-hybridized carbons (Fsp3) is 0.500. The Bertz CT molecular complexity index is 334. The maximum absolute atomic E-state index is 5.24. The van der Waals surface area contributed by atoms with Gasteiger partial charge in [0.1, 0.15) is 0 Å². The van der Waals surface area contributed by atoms with Crippen LogP contribution in [0.1, 0.15) is 44.7 Å². The van der Waals surface area contributed by atoms with Gasteiger partial charge in [-0.25, -0.2) is 0 Å². The van der Waals surface area contributed by atoms with Crippen LogP contribution in [0.5, 0.6) is 0 Å². The van der Waals surface area contributed by atoms with Gasteiger partial charge in [-0.15, -0.1) is 12.3 Å². The fourth-order valence-corrected chi connectivity index (χ4v) is 2.01. The molecule has 0 spiro atoms. The maximum atomic E-state index is 5.24. The van der Waals surface area contributed by atoms with Crippen molar-refractivity contribution in [1.29, 1.82) is 0 Å². The lowest BCUT2D eigenvalue weighted by Gasteiger charge is -2.23. The van der Waals surface area contributed by atoms with Gasteiger partial charge in [-0.2, -0.15) is 0 Å². The zero-order chi connectivity index (χ0) is 12.5. The quantitative estimate of drug-likeness (QED) is 0.554. The number of terminal acetylenes is 1. The molecule has 1 aromatic rings. The summed E-state index contributed by atoms with van der Waals surface area (Å²) in [5.41, 5.74) is 1.37. The van der Waals surface area contributed by atoms with Crippen molar-refractivity contribution in [1.82, 2.24) is 5.32 Å². The monoisotopic (exact) mass is 229 g/mol. The van der Waals surface area contributed by atoms with Gasteiger partial charge in [0.2, 0.25) is 0 Å². The Hall–Kier alpha value is -1.26. The van der Waals surface area contributed by atoms with Crippen LogP contribution in [0.3, 0.4) is 0 Å². The van der Waals surface area contributed by atoms with Crippen molar-refractivity contribution in [2.45, 2.75) is 39.2 Å². The molecule has 0 amide bonds. The first-order valence-electron chi connectivity index (χ1n) is 6.47. The largest absolute Gasteiger partial charge is 0.310 e. The molecule has 0 saturated heterocycles. The molecule has 0 aliphatic carbocycles. The Kier molecular flexibility index (Phi) is 6.43. The van der Waals surface area contributed by atoms with Crippen molar-refractivity contribution in [2.24, 2.45) is 5.92 Å². The minimum atomic E-state index is 0.446. The van der Waals surface area contributed by atoms with Gasteiger partial charge in [0.15, 0.2) is 0 Å². The molecule has 0 saturated carbocycles. The number of hydrogen-bond acceptors (Lipinski definition) is 1. The third-order valence-corrected chi connectivity index (χ3v) is 2.94. The molecule has 0 radical (unpaired) electrons. The molecule has 1 unspecified atom stereocenters. The summed E-state index contributed by atoms with van der Waals surface area (Å²) in [6, 6.07) is 11.1. The first-order chi connectivity index (χ1) is 8.25. The van der Waals surface area contributed by atoms with Crippen molar-refractivity contribution in [3.05, 3.63) is 35.9 Å². The van der Waals surface area contributed by atoms with E-state index < -0.39 is 0 Å². The summed E-state index contributed by atoms with van der Waals surface area (Å²) in [5.74, 6) is 3.28. The van der Waals surface area contributed by atoms with E-state index in [0.29, 0.717) is 12.0 Å². The molecule has 1 nitrogen and oxygen atoms in total. The van der Waals surface area contributed by atoms with Crippen LogP contribution < -0.4 is 5.32 Å². The zero-order valence-corrected chi connectivity index (χ0v) is 10.9. The lowest BCUT2D eigenvalue weighted by molar-refractivity contribution is 0.407. The predicted octanol–water partition coefficient (Wildman–Crippen LogP) is 3.78. The van der Waals surface area contributed by atoms with E-state index >= 15 is 0 Å². The lowest BCUT2D eigenvalue weighted by Crippen LogP contribution is -2.26. The normalized spacial score (nSPS) is 12.4. The number of benzene rings is 1. The molecular weight excluding hydrogens is 206 g/mol. The van der Waals surface area contributed by atoms with Crippen LogP contribution >= 0.6 is 0 Å². The van der Waals surface area contributed by atoms with Gasteiger partial charge in [0.05, 0.1) is 0 Å². The summed E-state index contributed by atoms with van der Waals surface area (Å²) >= 11 is 0. The summed E-state index contributed by atoms with van der Waals surface area (Å²) in [6.45, 7) is 5.55. The minimum absolute atomic E-state index is 0.446. The van der Waals surface area contributed by atoms with E-state index in [4.69, 9.17) is 6.42 Å². The molecule has 0 fully saturated rings. The highest BCUT2D eigenvalue weighted by atomic mass is 14.9. The standard InChI is InChI=1S/C16H23N/c1-4-5-6-10-13-17-16(14(2)3)15-11-8-7-9-12-15/h1,7-9,11-12,14,16-17H,5-6,10,13H2,2-3H3. The minimum Gasteiger partial charge on any atom is -0.310 e. The Morgan fingerprint density at radius 1 is 1.18 bits per heavy atom. The van der Waals surface area contributed by atoms with E-state index in [1.807, 2.05) is 0 Å². The first-order valence-corrected chi connectivity index (χ1v) is 6.47. The molecule has 17 heavy (non-hydrogen) atoms. The second-order valence-electron chi connectivity index (χ2n) is 4.75. The fourth-order valence-electron chi connectivity index (χ4n) is 2.01. The van der Waals surface area contributed by atoms with E-state index in [1.54, 1.807) is 0 Å². The Morgan fingerprint density at radius 2 is 1.88 bits per heavy atom. The molecule has 1 heteroatoms. The third kappa shape index (κ3) is 5.06. The van der Waals surface area contributed by atoms with Crippen LogP contribution in [-0.4, -0.2) is 6.54 Å². The molecule has 0 heterocycles. The van der Waals surface area contributed by atoms with Crippen LogP contribution in [0, 0.1) is 18.3 Å². The number of nitrogens with one attached hydrogen (secondary N) is 1. The molecule has 0 aliphatic heterocycles.